The second kappa shape index (κ2) is 5.48. The van der Waals surface area contributed by atoms with Gasteiger partial charge in [0.1, 0.15) is 11.6 Å². The van der Waals surface area contributed by atoms with Crippen LogP contribution in [-0.4, -0.2) is 18.0 Å². The molecule has 17 heavy (non-hydrogen) atoms. The topological polar surface area (TPSA) is 55.4 Å². The molecule has 0 aliphatic heterocycles. The molecule has 1 aromatic carbocycles. The number of carbonyl (C=O) groups is 1. The van der Waals surface area contributed by atoms with Gasteiger partial charge in [0.2, 0.25) is 6.29 Å². The number of benzene rings is 1. The lowest BCUT2D eigenvalue weighted by Gasteiger charge is -2.21. The number of nitrogens with one attached hydrogen (secondary N) is 1. The van der Waals surface area contributed by atoms with Crippen LogP contribution in [0.15, 0.2) is 30.3 Å². The number of alkyl carbamates (subject to hydrolysis) is 1. The highest BCUT2D eigenvalue weighted by Crippen LogP contribution is 2.12. The Morgan fingerprint density at radius 3 is 2.35 bits per heavy atom. The number of hydrogen-bond donors (Lipinski definition) is 1. The van der Waals surface area contributed by atoms with Crippen molar-refractivity contribution < 1.29 is 14.3 Å². The first kappa shape index (κ1) is 13.2. The van der Waals surface area contributed by atoms with E-state index in [9.17, 15) is 9.59 Å². The fraction of sp³-hybridized carbons (Fsp3) is 0.385. The molecule has 91 valence electrons. The first-order chi connectivity index (χ1) is 7.92. The highest BCUT2D eigenvalue weighted by atomic mass is 16.6. The molecule has 1 radical (unpaired) electrons. The molecule has 0 saturated carbocycles. The van der Waals surface area contributed by atoms with Crippen molar-refractivity contribution in [2.75, 3.05) is 0 Å². The molecule has 4 heteroatoms. The third-order valence-corrected chi connectivity index (χ3v) is 1.91. The Morgan fingerprint density at radius 2 is 1.88 bits per heavy atom. The summed E-state index contributed by atoms with van der Waals surface area (Å²) in [4.78, 5) is 22.3. The van der Waals surface area contributed by atoms with Crippen molar-refractivity contribution in [3.8, 4) is 0 Å². The second-order valence-electron chi connectivity index (χ2n) is 4.61. The molecule has 0 heterocycles. The van der Waals surface area contributed by atoms with Crippen molar-refractivity contribution >= 4 is 12.4 Å². The minimum atomic E-state index is -0.800. The molecule has 1 aromatic rings. The van der Waals surface area contributed by atoms with Crippen molar-refractivity contribution in [2.45, 2.75) is 32.4 Å². The Hall–Kier alpha value is -1.84. The van der Waals surface area contributed by atoms with E-state index < -0.39 is 17.7 Å². The van der Waals surface area contributed by atoms with E-state index in [4.69, 9.17) is 4.74 Å². The van der Waals surface area contributed by atoms with Crippen LogP contribution in [0.25, 0.3) is 0 Å². The Labute approximate surface area is 101 Å². The molecule has 0 saturated heterocycles. The van der Waals surface area contributed by atoms with Gasteiger partial charge in [-0.05, 0) is 26.3 Å². The maximum absolute atomic E-state index is 11.5. The van der Waals surface area contributed by atoms with Gasteiger partial charge in [0, 0.05) is 0 Å². The average Bonchev–Trinajstić information content (AvgIpc) is 2.24. The highest BCUT2D eigenvalue weighted by molar-refractivity contribution is 5.74. The predicted molar refractivity (Wildman–Crippen MR) is 64.2 cm³/mol. The predicted octanol–water partition coefficient (Wildman–Crippen LogP) is 2.36. The summed E-state index contributed by atoms with van der Waals surface area (Å²) in [5.41, 5.74) is 0.0853. The van der Waals surface area contributed by atoms with Crippen molar-refractivity contribution in [1.29, 1.82) is 0 Å². The summed E-state index contributed by atoms with van der Waals surface area (Å²) < 4.78 is 5.06. The zero-order valence-electron chi connectivity index (χ0n) is 10.2. The quantitative estimate of drug-likeness (QED) is 0.873. The molecule has 1 N–H and O–H groups in total. The van der Waals surface area contributed by atoms with Gasteiger partial charge in [-0.25, -0.2) is 4.79 Å². The van der Waals surface area contributed by atoms with Crippen LogP contribution in [0.3, 0.4) is 0 Å². The smallest absolute Gasteiger partial charge is 0.408 e. The molecule has 0 aromatic heterocycles. The highest BCUT2D eigenvalue weighted by Gasteiger charge is 2.20. The van der Waals surface area contributed by atoms with E-state index in [1.54, 1.807) is 51.3 Å². The summed E-state index contributed by atoms with van der Waals surface area (Å²) >= 11 is 0. The molecule has 1 atom stereocenters. The summed E-state index contributed by atoms with van der Waals surface area (Å²) in [6, 6.07) is 8.09. The SMILES string of the molecule is CC(C)(C)OC(=O)NC([C]=O)c1ccccc1. The Kier molecular flexibility index (Phi) is 4.26. The number of hydrogen-bond acceptors (Lipinski definition) is 3. The molecular formula is C13H16NO3. The fourth-order valence-corrected chi connectivity index (χ4v) is 1.25. The lowest BCUT2D eigenvalue weighted by Crippen LogP contribution is -2.35. The number of amides is 1. The molecule has 0 spiro atoms. The second-order valence-corrected chi connectivity index (χ2v) is 4.61. The number of ether oxygens (including phenoxy) is 1. The van der Waals surface area contributed by atoms with Crippen LogP contribution in [-0.2, 0) is 9.53 Å². The number of carbonyl (C=O) groups excluding carboxylic acids is 2. The summed E-state index contributed by atoms with van der Waals surface area (Å²) in [6.07, 6.45) is 1.14. The average molecular weight is 234 g/mol. The molecule has 1 unspecified atom stereocenters. The van der Waals surface area contributed by atoms with Gasteiger partial charge in [-0.15, -0.1) is 0 Å². The third-order valence-electron chi connectivity index (χ3n) is 1.91. The molecule has 1 rings (SSSR count). The van der Waals surface area contributed by atoms with Crippen molar-refractivity contribution in [1.82, 2.24) is 5.32 Å². The van der Waals surface area contributed by atoms with Crippen molar-refractivity contribution in [3.05, 3.63) is 35.9 Å². The van der Waals surface area contributed by atoms with Gasteiger partial charge in [0.05, 0.1) is 0 Å². The fourth-order valence-electron chi connectivity index (χ4n) is 1.25. The minimum absolute atomic E-state index is 0.589. The summed E-state index contributed by atoms with van der Waals surface area (Å²) in [5, 5.41) is 2.45. The lowest BCUT2D eigenvalue weighted by atomic mass is 10.1. The zero-order chi connectivity index (χ0) is 12.9. The van der Waals surface area contributed by atoms with Gasteiger partial charge in [-0.3, -0.25) is 4.79 Å². The van der Waals surface area contributed by atoms with Crippen LogP contribution < -0.4 is 5.32 Å². The van der Waals surface area contributed by atoms with Gasteiger partial charge in [0.25, 0.3) is 0 Å². The monoisotopic (exact) mass is 234 g/mol. The molecule has 0 fully saturated rings. The van der Waals surface area contributed by atoms with E-state index in [-0.39, 0.29) is 0 Å². The first-order valence-electron chi connectivity index (χ1n) is 5.34. The summed E-state index contributed by atoms with van der Waals surface area (Å²) in [6.45, 7) is 5.28. The van der Waals surface area contributed by atoms with Crippen LogP contribution >= 0.6 is 0 Å². The van der Waals surface area contributed by atoms with Gasteiger partial charge < -0.3 is 10.1 Å². The van der Waals surface area contributed by atoms with Crippen molar-refractivity contribution in [3.63, 3.8) is 0 Å². The maximum atomic E-state index is 11.5. The lowest BCUT2D eigenvalue weighted by molar-refractivity contribution is 0.0517. The van der Waals surface area contributed by atoms with Crippen LogP contribution in [0.2, 0.25) is 0 Å². The maximum Gasteiger partial charge on any atom is 0.408 e. The Bertz CT molecular complexity index is 381. The van der Waals surface area contributed by atoms with E-state index in [0.717, 1.165) is 0 Å². The van der Waals surface area contributed by atoms with Crippen molar-refractivity contribution in [2.24, 2.45) is 0 Å². The minimum Gasteiger partial charge on any atom is -0.444 e. The van der Waals surface area contributed by atoms with Gasteiger partial charge >= 0.3 is 6.09 Å². The van der Waals surface area contributed by atoms with E-state index in [1.165, 1.54) is 0 Å². The third kappa shape index (κ3) is 4.68. The normalized spacial score (nSPS) is 12.6. The molecule has 4 nitrogen and oxygen atoms in total. The standard InChI is InChI=1S/C13H16NO3/c1-13(2,3)17-12(16)14-11(9-15)10-7-5-4-6-8-10/h4-8,11H,1-3H3,(H,14,16). The summed E-state index contributed by atoms with van der Waals surface area (Å²) in [5.74, 6) is 0. The number of rotatable bonds is 3. The van der Waals surface area contributed by atoms with Crippen LogP contribution in [0.5, 0.6) is 0 Å². The summed E-state index contributed by atoms with van der Waals surface area (Å²) in [7, 11) is 0. The van der Waals surface area contributed by atoms with E-state index in [0.29, 0.717) is 5.56 Å². The van der Waals surface area contributed by atoms with Crippen LogP contribution in [0, 0.1) is 0 Å². The molecule has 0 aliphatic carbocycles. The van der Waals surface area contributed by atoms with E-state index in [2.05, 4.69) is 5.32 Å². The molecule has 0 bridgehead atoms. The molecular weight excluding hydrogens is 218 g/mol. The molecule has 0 aliphatic rings. The zero-order valence-corrected chi connectivity index (χ0v) is 10.2. The van der Waals surface area contributed by atoms with E-state index in [1.807, 2.05) is 6.07 Å². The van der Waals surface area contributed by atoms with Crippen LogP contribution in [0.4, 0.5) is 4.79 Å². The van der Waals surface area contributed by atoms with Gasteiger partial charge in [-0.1, -0.05) is 30.3 Å². The Morgan fingerprint density at radius 1 is 1.29 bits per heavy atom. The van der Waals surface area contributed by atoms with E-state index >= 15 is 0 Å². The molecule has 1 amide bonds. The van der Waals surface area contributed by atoms with Gasteiger partial charge in [0.15, 0.2) is 0 Å². The largest absolute Gasteiger partial charge is 0.444 e. The first-order valence-corrected chi connectivity index (χ1v) is 5.34. The van der Waals surface area contributed by atoms with Crippen LogP contribution in [0.1, 0.15) is 32.4 Å². The van der Waals surface area contributed by atoms with Gasteiger partial charge in [-0.2, -0.15) is 0 Å². The Balaban J connectivity index is 2.66.